The Morgan fingerprint density at radius 1 is 1.19 bits per heavy atom. The molecule has 1 unspecified atom stereocenters. The van der Waals surface area contributed by atoms with Gasteiger partial charge in [-0.1, -0.05) is 12.1 Å². The second kappa shape index (κ2) is 7.00. The molecule has 0 fully saturated rings. The van der Waals surface area contributed by atoms with Gasteiger partial charge in [0.05, 0.1) is 11.6 Å². The van der Waals surface area contributed by atoms with Crippen molar-refractivity contribution in [2.75, 3.05) is 7.11 Å². The van der Waals surface area contributed by atoms with Gasteiger partial charge in [0, 0.05) is 24.2 Å². The second-order valence-corrected chi connectivity index (χ2v) is 5.59. The van der Waals surface area contributed by atoms with E-state index in [1.807, 2.05) is 25.1 Å². The third-order valence-electron chi connectivity index (χ3n) is 3.26. The predicted octanol–water partition coefficient (Wildman–Crippen LogP) is 4.59. The first kappa shape index (κ1) is 15.9. The van der Waals surface area contributed by atoms with Gasteiger partial charge in [0.2, 0.25) is 0 Å². The molecule has 0 saturated carbocycles. The summed E-state index contributed by atoms with van der Waals surface area (Å²) < 4.78 is 32.6. The van der Waals surface area contributed by atoms with Crippen molar-refractivity contribution in [1.29, 1.82) is 0 Å². The maximum Gasteiger partial charge on any atom is 0.133 e. The topological polar surface area (TPSA) is 21.3 Å². The van der Waals surface area contributed by atoms with Crippen molar-refractivity contribution in [3.05, 3.63) is 63.6 Å². The molecular weight excluding hydrogens is 340 g/mol. The second-order valence-electron chi connectivity index (χ2n) is 4.74. The van der Waals surface area contributed by atoms with Crippen molar-refractivity contribution in [3.8, 4) is 5.75 Å². The quantitative estimate of drug-likeness (QED) is 0.846. The summed E-state index contributed by atoms with van der Waals surface area (Å²) in [5, 5.41) is 3.22. The molecule has 2 rings (SSSR count). The monoisotopic (exact) mass is 355 g/mol. The normalized spacial score (nSPS) is 12.2. The predicted molar refractivity (Wildman–Crippen MR) is 82.3 cm³/mol. The van der Waals surface area contributed by atoms with Crippen LogP contribution in [0.5, 0.6) is 5.75 Å². The number of nitrogens with one attached hydrogen (secondary N) is 1. The van der Waals surface area contributed by atoms with Crippen LogP contribution in [0.1, 0.15) is 24.1 Å². The van der Waals surface area contributed by atoms with Gasteiger partial charge >= 0.3 is 0 Å². The first-order valence-corrected chi connectivity index (χ1v) is 7.31. The smallest absolute Gasteiger partial charge is 0.133 e. The standard InChI is InChI=1S/C16H16BrF2NO/c1-10(13-5-4-12(18)8-15(13)19)20-9-11-3-6-16(21-2)14(17)7-11/h3-8,10,20H,9H2,1-2H3. The molecule has 21 heavy (non-hydrogen) atoms. The molecule has 0 bridgehead atoms. The van der Waals surface area contributed by atoms with E-state index in [9.17, 15) is 8.78 Å². The van der Waals surface area contributed by atoms with E-state index in [2.05, 4.69) is 21.2 Å². The highest BCUT2D eigenvalue weighted by atomic mass is 79.9. The van der Waals surface area contributed by atoms with Crippen LogP contribution in [0.3, 0.4) is 0 Å². The molecule has 0 radical (unpaired) electrons. The van der Waals surface area contributed by atoms with Crippen LogP contribution in [0.15, 0.2) is 40.9 Å². The van der Waals surface area contributed by atoms with Crippen LogP contribution in [0, 0.1) is 11.6 Å². The molecule has 5 heteroatoms. The summed E-state index contributed by atoms with van der Waals surface area (Å²) in [5.41, 5.74) is 1.49. The fraction of sp³-hybridized carbons (Fsp3) is 0.250. The minimum absolute atomic E-state index is 0.216. The molecule has 2 aromatic rings. The van der Waals surface area contributed by atoms with Crippen LogP contribution >= 0.6 is 15.9 Å². The van der Waals surface area contributed by atoms with Gasteiger partial charge in [-0.3, -0.25) is 0 Å². The third kappa shape index (κ3) is 4.02. The molecule has 0 aliphatic rings. The summed E-state index contributed by atoms with van der Waals surface area (Å²) in [6.07, 6.45) is 0. The lowest BCUT2D eigenvalue weighted by atomic mass is 10.1. The van der Waals surface area contributed by atoms with E-state index < -0.39 is 11.6 Å². The average molecular weight is 356 g/mol. The Kier molecular flexibility index (Phi) is 5.31. The van der Waals surface area contributed by atoms with Gasteiger partial charge in [0.25, 0.3) is 0 Å². The van der Waals surface area contributed by atoms with Gasteiger partial charge in [0.15, 0.2) is 0 Å². The first-order valence-electron chi connectivity index (χ1n) is 6.52. The van der Waals surface area contributed by atoms with Gasteiger partial charge in [0.1, 0.15) is 17.4 Å². The maximum atomic E-state index is 13.7. The summed E-state index contributed by atoms with van der Waals surface area (Å²) in [5.74, 6) is -0.343. The van der Waals surface area contributed by atoms with Crippen LogP contribution in [0.4, 0.5) is 8.78 Å². The molecule has 0 aliphatic carbocycles. The number of hydrogen-bond donors (Lipinski definition) is 1. The van der Waals surface area contributed by atoms with E-state index in [4.69, 9.17) is 4.74 Å². The Balaban J connectivity index is 2.03. The lowest BCUT2D eigenvalue weighted by Crippen LogP contribution is -2.19. The van der Waals surface area contributed by atoms with Crippen molar-refractivity contribution in [3.63, 3.8) is 0 Å². The third-order valence-corrected chi connectivity index (χ3v) is 3.88. The molecular formula is C16H16BrF2NO. The van der Waals surface area contributed by atoms with Crippen LogP contribution in [-0.2, 0) is 6.54 Å². The Hall–Kier alpha value is -1.46. The zero-order valence-electron chi connectivity index (χ0n) is 11.8. The molecule has 1 atom stereocenters. The molecule has 0 amide bonds. The summed E-state index contributed by atoms with van der Waals surface area (Å²) in [6, 6.07) is 9.16. The van der Waals surface area contributed by atoms with Crippen molar-refractivity contribution in [1.82, 2.24) is 5.32 Å². The van der Waals surface area contributed by atoms with Crippen molar-refractivity contribution in [2.45, 2.75) is 19.5 Å². The van der Waals surface area contributed by atoms with Gasteiger partial charge < -0.3 is 10.1 Å². The fourth-order valence-corrected chi connectivity index (χ4v) is 2.64. The van der Waals surface area contributed by atoms with E-state index in [0.717, 1.165) is 21.9 Å². The van der Waals surface area contributed by atoms with E-state index in [0.29, 0.717) is 12.1 Å². The molecule has 0 aliphatic heterocycles. The highest BCUT2D eigenvalue weighted by Crippen LogP contribution is 2.26. The summed E-state index contributed by atoms with van der Waals surface area (Å²) in [6.45, 7) is 2.41. The molecule has 2 aromatic carbocycles. The van der Waals surface area contributed by atoms with Gasteiger partial charge in [-0.05, 0) is 46.6 Å². The number of methoxy groups -OCH3 is 1. The molecule has 112 valence electrons. The van der Waals surface area contributed by atoms with E-state index in [-0.39, 0.29) is 6.04 Å². The zero-order chi connectivity index (χ0) is 15.4. The van der Waals surface area contributed by atoms with Crippen LogP contribution in [0.2, 0.25) is 0 Å². The lowest BCUT2D eigenvalue weighted by Gasteiger charge is -2.15. The minimum atomic E-state index is -0.567. The maximum absolute atomic E-state index is 13.7. The lowest BCUT2D eigenvalue weighted by molar-refractivity contribution is 0.412. The molecule has 0 spiro atoms. The van der Waals surface area contributed by atoms with E-state index in [1.54, 1.807) is 7.11 Å². The number of ether oxygens (including phenoxy) is 1. The molecule has 0 heterocycles. The molecule has 0 aromatic heterocycles. The van der Waals surface area contributed by atoms with E-state index in [1.165, 1.54) is 12.1 Å². The molecule has 2 nitrogen and oxygen atoms in total. The zero-order valence-corrected chi connectivity index (χ0v) is 13.4. The number of hydrogen-bond acceptors (Lipinski definition) is 2. The molecule has 1 N–H and O–H groups in total. The van der Waals surface area contributed by atoms with E-state index >= 15 is 0 Å². The highest BCUT2D eigenvalue weighted by molar-refractivity contribution is 9.10. The van der Waals surface area contributed by atoms with Gasteiger partial charge in [-0.25, -0.2) is 8.78 Å². The Morgan fingerprint density at radius 3 is 2.57 bits per heavy atom. The van der Waals surface area contributed by atoms with Crippen molar-refractivity contribution >= 4 is 15.9 Å². The summed E-state index contributed by atoms with van der Waals surface area (Å²) >= 11 is 3.42. The number of halogens is 3. The SMILES string of the molecule is COc1ccc(CNC(C)c2ccc(F)cc2F)cc1Br. The first-order chi connectivity index (χ1) is 10.0. The van der Waals surface area contributed by atoms with Gasteiger partial charge in [-0.2, -0.15) is 0 Å². The number of rotatable bonds is 5. The Morgan fingerprint density at radius 2 is 1.95 bits per heavy atom. The van der Waals surface area contributed by atoms with Crippen LogP contribution in [0.25, 0.3) is 0 Å². The Labute approximate surface area is 131 Å². The highest BCUT2D eigenvalue weighted by Gasteiger charge is 2.11. The molecule has 0 saturated heterocycles. The number of benzene rings is 2. The van der Waals surface area contributed by atoms with Crippen molar-refractivity contribution in [2.24, 2.45) is 0 Å². The van der Waals surface area contributed by atoms with Crippen molar-refractivity contribution < 1.29 is 13.5 Å². The largest absolute Gasteiger partial charge is 0.496 e. The van der Waals surface area contributed by atoms with Gasteiger partial charge in [-0.15, -0.1) is 0 Å². The summed E-state index contributed by atoms with van der Waals surface area (Å²) in [4.78, 5) is 0. The average Bonchev–Trinajstić information content (AvgIpc) is 2.45. The summed E-state index contributed by atoms with van der Waals surface area (Å²) in [7, 11) is 1.61. The Bertz CT molecular complexity index is 634. The van der Waals surface area contributed by atoms with Crippen LogP contribution in [-0.4, -0.2) is 7.11 Å². The fourth-order valence-electron chi connectivity index (χ4n) is 2.05. The minimum Gasteiger partial charge on any atom is -0.496 e. The van der Waals surface area contributed by atoms with Crippen LogP contribution < -0.4 is 10.1 Å².